The average Bonchev–Trinajstić information content (AvgIpc) is 3.29. The van der Waals surface area contributed by atoms with Gasteiger partial charge in [0.1, 0.15) is 34.9 Å². The van der Waals surface area contributed by atoms with Crippen molar-refractivity contribution >= 4 is 23.3 Å². The number of benzene rings is 2. The molecule has 0 spiro atoms. The van der Waals surface area contributed by atoms with E-state index in [1.807, 2.05) is 0 Å². The van der Waals surface area contributed by atoms with Crippen molar-refractivity contribution in [2.75, 3.05) is 0 Å². The normalized spacial score (nSPS) is 30.9. The molecule has 7 rings (SSSR count). The summed E-state index contributed by atoms with van der Waals surface area (Å²) >= 11 is 0. The van der Waals surface area contributed by atoms with E-state index in [0.717, 1.165) is 57.1 Å². The van der Waals surface area contributed by atoms with E-state index in [2.05, 4.69) is 19.9 Å². The first-order valence-electron chi connectivity index (χ1n) is 16.2. The third kappa shape index (κ3) is 4.64. The molecule has 0 heterocycles. The van der Waals surface area contributed by atoms with E-state index >= 15 is 0 Å². The van der Waals surface area contributed by atoms with Gasteiger partial charge in [0.25, 0.3) is 0 Å². The van der Waals surface area contributed by atoms with Crippen molar-refractivity contribution in [2.24, 2.45) is 28.6 Å². The molecule has 9 nitrogen and oxygen atoms in total. The highest BCUT2D eigenvalue weighted by Gasteiger charge is 2.58. The average molecular weight is 631 g/mol. The minimum Gasteiger partial charge on any atom is -0.507 e. The van der Waals surface area contributed by atoms with Crippen molar-refractivity contribution < 1.29 is 44.3 Å². The second-order valence-corrected chi connectivity index (χ2v) is 14.4. The molecule has 6 unspecified atom stereocenters. The van der Waals surface area contributed by atoms with E-state index in [0.29, 0.717) is 23.5 Å². The highest BCUT2D eigenvalue weighted by Crippen LogP contribution is 2.64. The zero-order valence-corrected chi connectivity index (χ0v) is 27.0. The minimum absolute atomic E-state index is 0.0438. The van der Waals surface area contributed by atoms with Crippen LogP contribution >= 0.6 is 0 Å². The number of aryl methyl sites for hydroxylation is 2. The Morgan fingerprint density at radius 1 is 0.783 bits per heavy atom. The van der Waals surface area contributed by atoms with E-state index in [9.17, 15) is 39.6 Å². The molecule has 0 bridgehead atoms. The Morgan fingerprint density at radius 2 is 1.30 bits per heavy atom. The van der Waals surface area contributed by atoms with Crippen LogP contribution in [0.15, 0.2) is 23.8 Å². The summed E-state index contributed by atoms with van der Waals surface area (Å²) in [6.07, 6.45) is 10.8. The quantitative estimate of drug-likeness (QED) is 0.137. The van der Waals surface area contributed by atoms with Crippen LogP contribution in [-0.4, -0.2) is 49.8 Å². The number of rotatable bonds is 1. The Kier molecular flexibility index (Phi) is 7.60. The van der Waals surface area contributed by atoms with Crippen molar-refractivity contribution in [3.63, 3.8) is 0 Å². The SMILES string of the molecule is CC(=O)OC1CCC2(C)C(=CCC3C4CCC(=O)C4(C)CCC32)C1.Cc1cc(O)c2c(c1O)C(=O)c1c(O)cc(C)c(O)c1C2=O. The van der Waals surface area contributed by atoms with Gasteiger partial charge in [-0.1, -0.05) is 25.5 Å². The number of allylic oxidation sites excluding steroid dienone is 1. The maximum atomic E-state index is 12.6. The molecule has 2 aromatic carbocycles. The monoisotopic (exact) mass is 630 g/mol. The molecule has 4 N–H and O–H groups in total. The molecule has 5 aliphatic carbocycles. The van der Waals surface area contributed by atoms with E-state index in [1.165, 1.54) is 32.8 Å². The molecule has 0 aliphatic heterocycles. The second kappa shape index (κ2) is 11.0. The van der Waals surface area contributed by atoms with Crippen molar-refractivity contribution in [1.82, 2.24) is 0 Å². The Morgan fingerprint density at radius 3 is 1.85 bits per heavy atom. The molecular weight excluding hydrogens is 588 g/mol. The molecular formula is C37H42O9. The topological polar surface area (TPSA) is 158 Å². The van der Waals surface area contributed by atoms with Gasteiger partial charge < -0.3 is 25.2 Å². The maximum absolute atomic E-state index is 12.6. The van der Waals surface area contributed by atoms with Crippen molar-refractivity contribution in [2.45, 2.75) is 92.1 Å². The number of ketones is 3. The predicted octanol–water partition coefficient (Wildman–Crippen LogP) is 6.35. The highest BCUT2D eigenvalue weighted by atomic mass is 16.5. The van der Waals surface area contributed by atoms with E-state index in [4.69, 9.17) is 4.74 Å². The lowest BCUT2D eigenvalue weighted by atomic mass is 9.48. The van der Waals surface area contributed by atoms with Crippen LogP contribution in [0.25, 0.3) is 0 Å². The van der Waals surface area contributed by atoms with Crippen LogP contribution in [0.1, 0.15) is 115 Å². The molecule has 3 saturated carbocycles. The van der Waals surface area contributed by atoms with Gasteiger partial charge in [-0.2, -0.15) is 0 Å². The number of esters is 1. The molecule has 2 aromatic rings. The molecule has 244 valence electrons. The maximum Gasteiger partial charge on any atom is 0.302 e. The van der Waals surface area contributed by atoms with Gasteiger partial charge in [0.05, 0.1) is 22.3 Å². The Hall–Kier alpha value is -4.14. The number of hydrogen-bond acceptors (Lipinski definition) is 9. The summed E-state index contributed by atoms with van der Waals surface area (Å²) in [4.78, 5) is 48.9. The fraction of sp³-hybridized carbons (Fsp3) is 0.514. The van der Waals surface area contributed by atoms with Gasteiger partial charge in [0, 0.05) is 25.2 Å². The summed E-state index contributed by atoms with van der Waals surface area (Å²) in [5, 5.41) is 40.1. The lowest BCUT2D eigenvalue weighted by Crippen LogP contribution is -2.50. The molecule has 3 fully saturated rings. The lowest BCUT2D eigenvalue weighted by molar-refractivity contribution is -0.148. The number of carbonyl (C=O) groups is 4. The van der Waals surface area contributed by atoms with Crippen molar-refractivity contribution in [3.05, 3.63) is 57.2 Å². The van der Waals surface area contributed by atoms with Gasteiger partial charge in [-0.15, -0.1) is 0 Å². The third-order valence-corrected chi connectivity index (χ3v) is 11.9. The zero-order chi connectivity index (χ0) is 33.5. The number of aromatic hydroxyl groups is 4. The van der Waals surface area contributed by atoms with Crippen LogP contribution < -0.4 is 0 Å². The molecule has 0 saturated heterocycles. The summed E-state index contributed by atoms with van der Waals surface area (Å²) in [6.45, 7) is 9.13. The van der Waals surface area contributed by atoms with Crippen LogP contribution in [0.4, 0.5) is 0 Å². The molecule has 6 atom stereocenters. The predicted molar refractivity (Wildman–Crippen MR) is 168 cm³/mol. The molecule has 0 aromatic heterocycles. The van der Waals surface area contributed by atoms with Gasteiger partial charge in [-0.25, -0.2) is 0 Å². The number of ether oxygens (including phenoxy) is 1. The molecule has 9 heteroatoms. The van der Waals surface area contributed by atoms with Gasteiger partial charge in [-0.3, -0.25) is 19.2 Å². The number of phenolic OH excluding ortho intramolecular Hbond substituents is 4. The number of fused-ring (bicyclic) bond motifs is 7. The first-order chi connectivity index (χ1) is 21.6. The largest absolute Gasteiger partial charge is 0.507 e. The third-order valence-electron chi connectivity index (χ3n) is 11.9. The summed E-state index contributed by atoms with van der Waals surface area (Å²) < 4.78 is 5.50. The van der Waals surface area contributed by atoms with Gasteiger partial charge in [0.15, 0.2) is 0 Å². The fourth-order valence-corrected chi connectivity index (χ4v) is 9.46. The second-order valence-electron chi connectivity index (χ2n) is 14.4. The van der Waals surface area contributed by atoms with Crippen LogP contribution in [0.5, 0.6) is 23.0 Å². The van der Waals surface area contributed by atoms with Crippen LogP contribution in [0.3, 0.4) is 0 Å². The summed E-state index contributed by atoms with van der Waals surface area (Å²) in [5.74, 6) is -1.11. The number of hydrogen-bond donors (Lipinski definition) is 4. The van der Waals surface area contributed by atoms with Gasteiger partial charge in [-0.05, 0) is 98.8 Å². The number of Topliss-reactive ketones (excluding diaryl/α,β-unsaturated/α-hetero) is 1. The Labute approximate surface area is 268 Å². The van der Waals surface area contributed by atoms with Crippen molar-refractivity contribution in [3.8, 4) is 23.0 Å². The first kappa shape index (κ1) is 31.8. The summed E-state index contributed by atoms with van der Waals surface area (Å²) in [7, 11) is 0. The number of phenols is 4. The van der Waals surface area contributed by atoms with Crippen molar-refractivity contribution in [1.29, 1.82) is 0 Å². The zero-order valence-electron chi connectivity index (χ0n) is 27.0. The molecule has 5 aliphatic rings. The van der Waals surface area contributed by atoms with Crippen LogP contribution in [0, 0.1) is 42.4 Å². The lowest BCUT2D eigenvalue weighted by Gasteiger charge is -2.56. The highest BCUT2D eigenvalue weighted by molar-refractivity contribution is 6.32. The molecule has 0 amide bonds. The summed E-state index contributed by atoms with van der Waals surface area (Å²) in [6, 6.07) is 2.33. The van der Waals surface area contributed by atoms with Crippen LogP contribution in [0.2, 0.25) is 0 Å². The van der Waals surface area contributed by atoms with Gasteiger partial charge >= 0.3 is 5.97 Å². The standard InChI is InChI=1S/C21H30O3.C16H12O6/c1-13(22)24-15-8-10-20(2)14(12-15)4-5-16-17-6-7-19(23)21(17,3)11-9-18(16)20;1-5-3-7(17)9-11(13(5)19)15(21)10-8(18)4-6(2)14(20)12(10)16(9)22/h4,15-18H,5-12H2,1-3H3;3-4,17-20H,1-2H3. The molecule has 46 heavy (non-hydrogen) atoms. The number of carbonyl (C=O) groups excluding carboxylic acids is 4. The molecule has 0 radical (unpaired) electrons. The Bertz CT molecular complexity index is 1660. The van der Waals surface area contributed by atoms with Crippen LogP contribution in [-0.2, 0) is 14.3 Å². The summed E-state index contributed by atoms with van der Waals surface area (Å²) in [5.41, 5.74) is 0.691. The van der Waals surface area contributed by atoms with E-state index in [1.54, 1.807) is 0 Å². The smallest absolute Gasteiger partial charge is 0.302 e. The van der Waals surface area contributed by atoms with E-state index < -0.39 is 34.6 Å². The minimum atomic E-state index is -0.825. The fourth-order valence-electron chi connectivity index (χ4n) is 9.46. The van der Waals surface area contributed by atoms with Gasteiger partial charge in [0.2, 0.25) is 11.6 Å². The first-order valence-corrected chi connectivity index (χ1v) is 16.2. The van der Waals surface area contributed by atoms with E-state index in [-0.39, 0.29) is 56.3 Å². The Balaban J connectivity index is 0.000000162.